The van der Waals surface area contributed by atoms with Gasteiger partial charge in [-0.1, -0.05) is 0 Å². The molecule has 0 N–H and O–H groups in total. The highest BCUT2D eigenvalue weighted by molar-refractivity contribution is 7.86. The van der Waals surface area contributed by atoms with E-state index in [1.165, 1.54) is 8.61 Å². The number of nitrogens with zero attached hydrogens (tertiary/aromatic N) is 6. The van der Waals surface area contributed by atoms with Crippen LogP contribution in [0.15, 0.2) is 31.1 Å². The van der Waals surface area contributed by atoms with Crippen molar-refractivity contribution in [2.45, 2.75) is 18.8 Å². The number of aromatic nitrogens is 4. The molecule has 0 saturated carbocycles. The predicted octanol–water partition coefficient (Wildman–Crippen LogP) is 0.648. The highest BCUT2D eigenvalue weighted by atomic mass is 32.2. The summed E-state index contributed by atoms with van der Waals surface area (Å²) in [5.74, 6) is 0.726. The summed E-state index contributed by atoms with van der Waals surface area (Å²) in [5.41, 5.74) is 0.809. The van der Waals surface area contributed by atoms with E-state index in [9.17, 15) is 8.42 Å². The molecule has 0 unspecified atom stereocenters. The van der Waals surface area contributed by atoms with Gasteiger partial charge in [0.2, 0.25) is 0 Å². The van der Waals surface area contributed by atoms with Gasteiger partial charge in [0, 0.05) is 57.9 Å². The lowest BCUT2D eigenvalue weighted by Gasteiger charge is -2.33. The summed E-state index contributed by atoms with van der Waals surface area (Å²) >= 11 is 0. The Kier molecular flexibility index (Phi) is 4.42. The van der Waals surface area contributed by atoms with Gasteiger partial charge in [-0.05, 0) is 12.8 Å². The number of rotatable bonds is 4. The zero-order valence-corrected chi connectivity index (χ0v) is 14.0. The third-order valence-corrected chi connectivity index (χ3v) is 5.92. The molecule has 0 amide bonds. The highest BCUT2D eigenvalue weighted by Crippen LogP contribution is 2.30. The zero-order valence-electron chi connectivity index (χ0n) is 13.2. The number of piperidine rings is 1. The minimum atomic E-state index is -3.41. The Balaban J connectivity index is 1.91. The van der Waals surface area contributed by atoms with E-state index >= 15 is 0 Å². The third kappa shape index (κ3) is 3.12. The quantitative estimate of drug-likeness (QED) is 0.818. The van der Waals surface area contributed by atoms with E-state index in [2.05, 4.69) is 15.0 Å². The summed E-state index contributed by atoms with van der Waals surface area (Å²) < 4.78 is 29.3. The van der Waals surface area contributed by atoms with Crippen molar-refractivity contribution >= 4 is 10.2 Å². The van der Waals surface area contributed by atoms with Gasteiger partial charge in [-0.25, -0.2) is 9.97 Å². The van der Waals surface area contributed by atoms with E-state index in [1.807, 2.05) is 10.8 Å². The van der Waals surface area contributed by atoms with Crippen LogP contribution >= 0.6 is 0 Å². The molecule has 1 saturated heterocycles. The molecule has 2 aromatic rings. The second-order valence-corrected chi connectivity index (χ2v) is 7.86. The van der Waals surface area contributed by atoms with Crippen LogP contribution in [0.4, 0.5) is 0 Å². The van der Waals surface area contributed by atoms with Crippen LogP contribution in [0.3, 0.4) is 0 Å². The van der Waals surface area contributed by atoms with Crippen LogP contribution in [-0.4, -0.2) is 63.7 Å². The molecule has 3 heterocycles. The molecule has 0 spiro atoms. The Bertz CT molecular complexity index is 759. The second-order valence-electron chi connectivity index (χ2n) is 5.72. The number of hydrogen-bond donors (Lipinski definition) is 0. The van der Waals surface area contributed by atoms with E-state index in [0.717, 1.165) is 18.5 Å². The largest absolute Gasteiger partial charge is 0.289 e. The standard InChI is InChI=1S/C14H20N6O2S/c1-18(2)23(21,22)20-8-3-4-12(10-20)13-14(17-6-5-16-13)19-9-7-15-11-19/h5-7,9,11-12H,3-4,8,10H2,1-2H3/t12-/m0/s1. The van der Waals surface area contributed by atoms with Crippen LogP contribution in [-0.2, 0) is 10.2 Å². The second kappa shape index (κ2) is 6.34. The maximum absolute atomic E-state index is 12.4. The van der Waals surface area contributed by atoms with Crippen LogP contribution in [0.2, 0.25) is 0 Å². The van der Waals surface area contributed by atoms with E-state index in [1.54, 1.807) is 39.0 Å². The van der Waals surface area contributed by atoms with Crippen molar-refractivity contribution in [1.29, 1.82) is 0 Å². The van der Waals surface area contributed by atoms with E-state index in [0.29, 0.717) is 18.9 Å². The number of hydrogen-bond acceptors (Lipinski definition) is 5. The molecule has 3 rings (SSSR count). The topological polar surface area (TPSA) is 84.2 Å². The van der Waals surface area contributed by atoms with Crippen molar-refractivity contribution in [3.05, 3.63) is 36.8 Å². The molecule has 0 aromatic carbocycles. The molecule has 1 aliphatic rings. The molecular weight excluding hydrogens is 316 g/mol. The smallest absolute Gasteiger partial charge is 0.281 e. The van der Waals surface area contributed by atoms with Crippen LogP contribution in [0.25, 0.3) is 5.82 Å². The molecule has 0 radical (unpaired) electrons. The van der Waals surface area contributed by atoms with Gasteiger partial charge in [-0.3, -0.25) is 9.55 Å². The average molecular weight is 336 g/mol. The fourth-order valence-corrected chi connectivity index (χ4v) is 4.01. The molecule has 9 heteroatoms. The third-order valence-electron chi connectivity index (χ3n) is 4.01. The maximum atomic E-state index is 12.4. The Hall–Kier alpha value is -1.84. The van der Waals surface area contributed by atoms with Crippen molar-refractivity contribution in [2.24, 2.45) is 0 Å². The minimum Gasteiger partial charge on any atom is -0.289 e. The van der Waals surface area contributed by atoms with Gasteiger partial charge in [0.05, 0.1) is 5.69 Å². The molecule has 23 heavy (non-hydrogen) atoms. The fourth-order valence-electron chi connectivity index (χ4n) is 2.82. The predicted molar refractivity (Wildman–Crippen MR) is 85.3 cm³/mol. The average Bonchev–Trinajstić information content (AvgIpc) is 3.09. The molecule has 2 aromatic heterocycles. The first-order chi connectivity index (χ1) is 11.0. The lowest BCUT2D eigenvalue weighted by Crippen LogP contribution is -2.45. The van der Waals surface area contributed by atoms with Gasteiger partial charge in [0.15, 0.2) is 5.82 Å². The monoisotopic (exact) mass is 336 g/mol. The van der Waals surface area contributed by atoms with E-state index in [4.69, 9.17) is 0 Å². The summed E-state index contributed by atoms with van der Waals surface area (Å²) in [6.45, 7) is 0.957. The van der Waals surface area contributed by atoms with E-state index < -0.39 is 10.2 Å². The molecule has 124 valence electrons. The van der Waals surface area contributed by atoms with Crippen LogP contribution in [0.5, 0.6) is 0 Å². The van der Waals surface area contributed by atoms with E-state index in [-0.39, 0.29) is 5.92 Å². The minimum absolute atomic E-state index is 0.0181. The Labute approximate surface area is 136 Å². The van der Waals surface area contributed by atoms with Crippen molar-refractivity contribution in [3.63, 3.8) is 0 Å². The molecule has 1 atom stereocenters. The lowest BCUT2D eigenvalue weighted by atomic mass is 9.95. The molecule has 1 fully saturated rings. The summed E-state index contributed by atoms with van der Waals surface area (Å²) in [4.78, 5) is 12.9. The van der Waals surface area contributed by atoms with Gasteiger partial charge < -0.3 is 0 Å². The highest BCUT2D eigenvalue weighted by Gasteiger charge is 2.32. The van der Waals surface area contributed by atoms with Gasteiger partial charge in [-0.2, -0.15) is 17.0 Å². The maximum Gasteiger partial charge on any atom is 0.281 e. The Morgan fingerprint density at radius 1 is 1.22 bits per heavy atom. The lowest BCUT2D eigenvalue weighted by molar-refractivity contribution is 0.295. The van der Waals surface area contributed by atoms with Crippen LogP contribution in [0.1, 0.15) is 24.5 Å². The normalized spacial score (nSPS) is 20.0. The summed E-state index contributed by atoms with van der Waals surface area (Å²) in [6, 6.07) is 0. The van der Waals surface area contributed by atoms with Crippen molar-refractivity contribution in [1.82, 2.24) is 28.1 Å². The van der Waals surface area contributed by atoms with Gasteiger partial charge >= 0.3 is 0 Å². The van der Waals surface area contributed by atoms with Crippen molar-refractivity contribution in [3.8, 4) is 5.82 Å². The molecule has 0 bridgehead atoms. The van der Waals surface area contributed by atoms with Crippen molar-refractivity contribution in [2.75, 3.05) is 27.2 Å². The molecule has 8 nitrogen and oxygen atoms in total. The van der Waals surface area contributed by atoms with Gasteiger partial charge in [0.1, 0.15) is 6.33 Å². The van der Waals surface area contributed by atoms with Crippen molar-refractivity contribution < 1.29 is 8.42 Å². The number of imidazole rings is 1. The molecule has 0 aliphatic carbocycles. The van der Waals surface area contributed by atoms with Crippen LogP contribution in [0, 0.1) is 0 Å². The van der Waals surface area contributed by atoms with Crippen LogP contribution < -0.4 is 0 Å². The Morgan fingerprint density at radius 3 is 2.70 bits per heavy atom. The molecule has 1 aliphatic heterocycles. The molecular formula is C14H20N6O2S. The first-order valence-corrected chi connectivity index (χ1v) is 8.86. The first kappa shape index (κ1) is 16.0. The SMILES string of the molecule is CN(C)S(=O)(=O)N1CCC[C@H](c2nccnc2-n2ccnc2)C1. The first-order valence-electron chi connectivity index (χ1n) is 7.47. The van der Waals surface area contributed by atoms with Gasteiger partial charge in [0.25, 0.3) is 10.2 Å². The fraction of sp³-hybridized carbons (Fsp3) is 0.500. The van der Waals surface area contributed by atoms with Gasteiger partial charge in [-0.15, -0.1) is 0 Å². The summed E-state index contributed by atoms with van der Waals surface area (Å²) in [5, 5.41) is 0. The summed E-state index contributed by atoms with van der Waals surface area (Å²) in [6.07, 6.45) is 10.1. The Morgan fingerprint density at radius 2 is 2.00 bits per heavy atom. The summed E-state index contributed by atoms with van der Waals surface area (Å²) in [7, 11) is -0.301. The zero-order chi connectivity index (χ0) is 16.4.